The second kappa shape index (κ2) is 6.22. The van der Waals surface area contributed by atoms with E-state index in [1.807, 2.05) is 4.90 Å². The summed E-state index contributed by atoms with van der Waals surface area (Å²) in [4.78, 5) is 23.5. The van der Waals surface area contributed by atoms with Crippen molar-refractivity contribution in [1.82, 2.24) is 4.90 Å². The number of amides is 1. The average Bonchev–Trinajstić information content (AvgIpc) is 2.69. The molecule has 0 aromatic carbocycles. The molecule has 1 N–H and O–H groups in total. The monoisotopic (exact) mass is 211 g/mol. The van der Waals surface area contributed by atoms with Crippen molar-refractivity contribution >= 4 is 11.9 Å². The molecule has 0 radical (unpaired) electrons. The Hall–Kier alpha value is -1.32. The van der Waals surface area contributed by atoms with E-state index >= 15 is 0 Å². The Morgan fingerprint density at radius 1 is 1.27 bits per heavy atom. The van der Waals surface area contributed by atoms with Crippen molar-refractivity contribution < 1.29 is 14.7 Å². The van der Waals surface area contributed by atoms with Crippen molar-refractivity contribution in [2.24, 2.45) is 0 Å². The number of aliphatic carboxylic acids is 1. The maximum absolute atomic E-state index is 11.5. The predicted octanol–water partition coefficient (Wildman–Crippen LogP) is 1.42. The summed E-state index contributed by atoms with van der Waals surface area (Å²) >= 11 is 0. The van der Waals surface area contributed by atoms with Crippen LogP contribution in [-0.4, -0.2) is 35.0 Å². The van der Waals surface area contributed by atoms with Crippen molar-refractivity contribution in [3.63, 3.8) is 0 Å². The summed E-state index contributed by atoms with van der Waals surface area (Å²) in [7, 11) is 0. The van der Waals surface area contributed by atoms with Gasteiger partial charge in [-0.25, -0.2) is 0 Å². The molecule has 15 heavy (non-hydrogen) atoms. The number of carboxylic acids is 1. The summed E-state index contributed by atoms with van der Waals surface area (Å²) in [6, 6.07) is 0. The van der Waals surface area contributed by atoms with Crippen LogP contribution in [0, 0.1) is 0 Å². The Bertz CT molecular complexity index is 255. The van der Waals surface area contributed by atoms with Crippen molar-refractivity contribution in [2.75, 3.05) is 13.1 Å². The minimum absolute atomic E-state index is 0.0582. The largest absolute Gasteiger partial charge is 0.481 e. The molecule has 1 aliphatic heterocycles. The van der Waals surface area contributed by atoms with E-state index in [1.54, 1.807) is 12.2 Å². The predicted molar refractivity (Wildman–Crippen MR) is 56.4 cm³/mol. The van der Waals surface area contributed by atoms with Gasteiger partial charge in [-0.05, 0) is 31.8 Å². The molecule has 1 heterocycles. The normalized spacial score (nSPS) is 16.1. The first kappa shape index (κ1) is 11.8. The number of carbonyl (C=O) groups is 2. The molecule has 0 aliphatic carbocycles. The minimum atomic E-state index is -0.783. The van der Waals surface area contributed by atoms with E-state index in [0.29, 0.717) is 12.8 Å². The number of likely N-dealkylation sites (tertiary alicyclic amines) is 1. The van der Waals surface area contributed by atoms with Gasteiger partial charge >= 0.3 is 5.97 Å². The molecular weight excluding hydrogens is 194 g/mol. The minimum Gasteiger partial charge on any atom is -0.481 e. The van der Waals surface area contributed by atoms with Gasteiger partial charge in [0.15, 0.2) is 0 Å². The highest BCUT2D eigenvalue weighted by atomic mass is 16.4. The summed E-state index contributed by atoms with van der Waals surface area (Å²) in [6.07, 6.45) is 6.95. The maximum Gasteiger partial charge on any atom is 0.303 e. The van der Waals surface area contributed by atoms with Gasteiger partial charge in [-0.1, -0.05) is 6.08 Å². The number of allylic oxidation sites excluding steroid dienone is 1. The number of unbranched alkanes of at least 4 members (excludes halogenated alkanes) is 1. The summed E-state index contributed by atoms with van der Waals surface area (Å²) in [5.41, 5.74) is 0. The number of hydrogen-bond acceptors (Lipinski definition) is 2. The highest BCUT2D eigenvalue weighted by molar-refractivity contribution is 5.87. The van der Waals surface area contributed by atoms with Gasteiger partial charge in [-0.2, -0.15) is 0 Å². The lowest BCUT2D eigenvalue weighted by Crippen LogP contribution is -2.25. The molecule has 0 atom stereocenters. The Balaban J connectivity index is 2.13. The third-order valence-corrected chi connectivity index (χ3v) is 2.44. The van der Waals surface area contributed by atoms with Crippen LogP contribution >= 0.6 is 0 Å². The quantitative estimate of drug-likeness (QED) is 0.552. The Kier molecular flexibility index (Phi) is 4.87. The van der Waals surface area contributed by atoms with Gasteiger partial charge in [0.05, 0.1) is 0 Å². The van der Waals surface area contributed by atoms with Crippen LogP contribution in [-0.2, 0) is 9.59 Å². The maximum atomic E-state index is 11.5. The summed E-state index contributed by atoms with van der Waals surface area (Å²) in [5.74, 6) is -0.725. The SMILES string of the molecule is O=C(O)CCC/C=C/C(=O)N1CCCC1. The lowest BCUT2D eigenvalue weighted by Gasteiger charge is -2.11. The Morgan fingerprint density at radius 2 is 1.93 bits per heavy atom. The molecule has 0 aromatic heterocycles. The summed E-state index contributed by atoms with van der Waals surface area (Å²) < 4.78 is 0. The molecule has 0 unspecified atom stereocenters. The van der Waals surface area contributed by atoms with E-state index in [0.717, 1.165) is 25.9 Å². The average molecular weight is 211 g/mol. The lowest BCUT2D eigenvalue weighted by atomic mass is 10.2. The van der Waals surface area contributed by atoms with E-state index < -0.39 is 5.97 Å². The topological polar surface area (TPSA) is 57.6 Å². The molecule has 1 rings (SSSR count). The van der Waals surface area contributed by atoms with Gasteiger partial charge in [-0.3, -0.25) is 9.59 Å². The molecule has 1 fully saturated rings. The first-order valence-corrected chi connectivity index (χ1v) is 5.37. The number of nitrogens with zero attached hydrogens (tertiary/aromatic N) is 1. The van der Waals surface area contributed by atoms with E-state index in [2.05, 4.69) is 0 Å². The van der Waals surface area contributed by atoms with Crippen LogP contribution in [0.2, 0.25) is 0 Å². The highest BCUT2D eigenvalue weighted by Gasteiger charge is 2.14. The fourth-order valence-electron chi connectivity index (χ4n) is 1.60. The third kappa shape index (κ3) is 4.63. The van der Waals surface area contributed by atoms with Gasteiger partial charge in [0.1, 0.15) is 0 Å². The van der Waals surface area contributed by atoms with E-state index in [1.165, 1.54) is 0 Å². The van der Waals surface area contributed by atoms with Gasteiger partial charge < -0.3 is 10.0 Å². The molecule has 0 aromatic rings. The molecule has 4 heteroatoms. The van der Waals surface area contributed by atoms with Crippen molar-refractivity contribution in [1.29, 1.82) is 0 Å². The van der Waals surface area contributed by atoms with Crippen molar-refractivity contribution in [3.05, 3.63) is 12.2 Å². The molecular formula is C11H17NO3. The second-order valence-electron chi connectivity index (χ2n) is 3.72. The molecule has 0 bridgehead atoms. The standard InChI is InChI=1S/C11H17NO3/c13-10(12-8-4-5-9-12)6-2-1-3-7-11(14)15/h2,6H,1,3-5,7-9H2,(H,14,15)/b6-2+. The molecule has 1 saturated heterocycles. The molecule has 0 spiro atoms. The smallest absolute Gasteiger partial charge is 0.303 e. The van der Waals surface area contributed by atoms with Gasteiger partial charge in [0, 0.05) is 19.5 Å². The van der Waals surface area contributed by atoms with Gasteiger partial charge in [-0.15, -0.1) is 0 Å². The summed E-state index contributed by atoms with van der Waals surface area (Å²) in [6.45, 7) is 1.72. The summed E-state index contributed by atoms with van der Waals surface area (Å²) in [5, 5.41) is 8.40. The number of rotatable bonds is 5. The van der Waals surface area contributed by atoms with Crippen LogP contribution in [0.1, 0.15) is 32.1 Å². The van der Waals surface area contributed by atoms with E-state index in [-0.39, 0.29) is 12.3 Å². The van der Waals surface area contributed by atoms with Crippen LogP contribution in [0.3, 0.4) is 0 Å². The van der Waals surface area contributed by atoms with Crippen LogP contribution in [0.5, 0.6) is 0 Å². The first-order valence-electron chi connectivity index (χ1n) is 5.37. The van der Waals surface area contributed by atoms with Gasteiger partial charge in [0.2, 0.25) is 5.91 Å². The lowest BCUT2D eigenvalue weighted by molar-refractivity contribution is -0.137. The van der Waals surface area contributed by atoms with Gasteiger partial charge in [0.25, 0.3) is 0 Å². The third-order valence-electron chi connectivity index (χ3n) is 2.44. The molecule has 0 saturated carbocycles. The van der Waals surface area contributed by atoms with Crippen LogP contribution in [0.4, 0.5) is 0 Å². The molecule has 1 aliphatic rings. The second-order valence-corrected chi connectivity index (χ2v) is 3.72. The van der Waals surface area contributed by atoms with E-state index in [9.17, 15) is 9.59 Å². The number of carbonyl (C=O) groups excluding carboxylic acids is 1. The van der Waals surface area contributed by atoms with E-state index in [4.69, 9.17) is 5.11 Å². The number of carboxylic acid groups (broad SMARTS) is 1. The zero-order chi connectivity index (χ0) is 11.1. The molecule has 1 amide bonds. The fourth-order valence-corrected chi connectivity index (χ4v) is 1.60. The van der Waals surface area contributed by atoms with Crippen LogP contribution < -0.4 is 0 Å². The zero-order valence-corrected chi connectivity index (χ0v) is 8.82. The van der Waals surface area contributed by atoms with Crippen LogP contribution in [0.25, 0.3) is 0 Å². The molecule has 4 nitrogen and oxygen atoms in total. The van der Waals surface area contributed by atoms with Crippen molar-refractivity contribution in [2.45, 2.75) is 32.1 Å². The first-order chi connectivity index (χ1) is 7.20. The van der Waals surface area contributed by atoms with Crippen LogP contribution in [0.15, 0.2) is 12.2 Å². The zero-order valence-electron chi connectivity index (χ0n) is 8.82. The fraction of sp³-hybridized carbons (Fsp3) is 0.636. The molecule has 84 valence electrons. The number of hydrogen-bond donors (Lipinski definition) is 1. The Labute approximate surface area is 89.6 Å². The highest BCUT2D eigenvalue weighted by Crippen LogP contribution is 2.08. The van der Waals surface area contributed by atoms with Crippen molar-refractivity contribution in [3.8, 4) is 0 Å². The Morgan fingerprint density at radius 3 is 2.53 bits per heavy atom.